The molecule has 0 radical (unpaired) electrons. The lowest BCUT2D eigenvalue weighted by atomic mass is 10.1. The number of phosphoric acid groups is 2. The summed E-state index contributed by atoms with van der Waals surface area (Å²) in [4.78, 5) is 46.4. The molecule has 2 aromatic heterocycles. The highest BCUT2D eigenvalue weighted by molar-refractivity contribution is 7.61. The predicted octanol–water partition coefficient (Wildman–Crippen LogP) is -3.46. The van der Waals surface area contributed by atoms with Gasteiger partial charge in [0.2, 0.25) is 0 Å². The summed E-state index contributed by atoms with van der Waals surface area (Å²) in [6.45, 7) is -2.00. The fourth-order valence-corrected chi connectivity index (χ4v) is 6.25. The van der Waals surface area contributed by atoms with Gasteiger partial charge in [-0.25, -0.2) is 18.3 Å². The average Bonchev–Trinajstić information content (AvgIpc) is 3.37. The topological polar surface area (TPSA) is 310 Å². The van der Waals surface area contributed by atoms with Crippen LogP contribution in [0.1, 0.15) is 22.8 Å². The Hall–Kier alpha value is -2.75. The summed E-state index contributed by atoms with van der Waals surface area (Å²) in [6.07, 6.45) is -10.0. The molecule has 2 fully saturated rings. The van der Waals surface area contributed by atoms with Crippen molar-refractivity contribution in [3.05, 3.63) is 52.6 Å². The van der Waals surface area contributed by atoms with Crippen molar-refractivity contribution in [2.45, 2.75) is 49.1 Å². The standard InChI is InChI=1S/C20H26FN5O15P2/c21-9-5-26(20(32)24-16(9)22)19-15(30)13(28)11(40-19)7-38-43(35,36)41-42(33,34)37-6-10-12(27)14(29)18(39-10)25-3-1-2-8(4-25)17(23)31/h1-5,10-15,18-19,27-30H,6-7H2,(H5-,22,23,24,31,32,33,34,35,36)/p+1/t10-,11+,12-,13+,14-,15+,18-,19+/m1/s1. The molecule has 2 aliphatic rings. The summed E-state index contributed by atoms with van der Waals surface area (Å²) in [7, 11) is -10.9. The molecule has 0 aromatic carbocycles. The molecule has 4 rings (SSSR count). The number of primary amides is 1. The largest absolute Gasteiger partial charge is 0.481 e. The van der Waals surface area contributed by atoms with Crippen LogP contribution in [-0.4, -0.2) is 95.5 Å². The van der Waals surface area contributed by atoms with Crippen molar-refractivity contribution in [1.82, 2.24) is 9.55 Å². The van der Waals surface area contributed by atoms with E-state index in [2.05, 4.69) is 18.3 Å². The molecule has 10 atom stereocenters. The molecule has 10 N–H and O–H groups in total. The molecule has 20 nitrogen and oxygen atoms in total. The van der Waals surface area contributed by atoms with E-state index in [1.165, 1.54) is 29.1 Å². The lowest BCUT2D eigenvalue weighted by molar-refractivity contribution is -0.765. The number of nitrogen functional groups attached to an aromatic ring is 1. The number of nitrogens with two attached hydrogens (primary N) is 2. The number of rotatable bonds is 11. The van der Waals surface area contributed by atoms with Crippen LogP contribution < -0.4 is 21.7 Å². The van der Waals surface area contributed by atoms with Gasteiger partial charge in [0.05, 0.1) is 19.4 Å². The third-order valence-corrected chi connectivity index (χ3v) is 8.90. The van der Waals surface area contributed by atoms with E-state index in [-0.39, 0.29) is 5.56 Å². The number of carbonyl (C=O) groups excluding carboxylic acids is 1. The Morgan fingerprint density at radius 2 is 1.63 bits per heavy atom. The van der Waals surface area contributed by atoms with Gasteiger partial charge < -0.3 is 51.2 Å². The Bertz CT molecular complexity index is 1520. The fourth-order valence-electron chi connectivity index (χ4n) is 4.16. The number of halogens is 1. The van der Waals surface area contributed by atoms with Crippen molar-refractivity contribution in [2.75, 3.05) is 18.9 Å². The van der Waals surface area contributed by atoms with Gasteiger partial charge in [0.1, 0.15) is 36.1 Å². The molecule has 0 bridgehead atoms. The molecule has 2 saturated heterocycles. The maximum absolute atomic E-state index is 13.8. The van der Waals surface area contributed by atoms with Crippen LogP contribution in [0.15, 0.2) is 35.5 Å². The zero-order chi connectivity index (χ0) is 31.9. The van der Waals surface area contributed by atoms with E-state index in [4.69, 9.17) is 20.9 Å². The van der Waals surface area contributed by atoms with E-state index in [0.29, 0.717) is 10.8 Å². The number of carbonyl (C=O) groups is 1. The summed E-state index contributed by atoms with van der Waals surface area (Å²) < 4.78 is 64.1. The third kappa shape index (κ3) is 7.49. The number of aliphatic hydroxyl groups is 4. The molecule has 0 spiro atoms. The molecule has 2 aromatic rings. The van der Waals surface area contributed by atoms with Crippen LogP contribution in [0.25, 0.3) is 0 Å². The Labute approximate surface area is 239 Å². The SMILES string of the molecule is NC(=O)c1ccc[n+]([C@@H]2O[C@H](COP(=O)(O)OP(=O)(O)OC[C@@H]3O[C@H](n4cc(F)c(N)nc4=O)[C@@H](O)[C@H]3O)[C@@H](O)[C@H]2O)c1. The van der Waals surface area contributed by atoms with Gasteiger partial charge >= 0.3 is 21.3 Å². The Balaban J connectivity index is 1.33. The number of anilines is 1. The first kappa shape index (κ1) is 33.1. The summed E-state index contributed by atoms with van der Waals surface area (Å²) in [5, 5.41) is 41.0. The summed E-state index contributed by atoms with van der Waals surface area (Å²) in [6, 6.07) is 2.79. The first-order chi connectivity index (χ1) is 20.0. The Kier molecular flexibility index (Phi) is 9.79. The minimum atomic E-state index is -5.46. The highest BCUT2D eigenvalue weighted by Gasteiger charge is 2.50. The smallest absolute Gasteiger partial charge is 0.387 e. The Morgan fingerprint density at radius 3 is 2.23 bits per heavy atom. The number of amides is 1. The normalized spacial score (nSPS) is 31.9. The molecule has 23 heteroatoms. The van der Waals surface area contributed by atoms with E-state index in [1.807, 2.05) is 0 Å². The quantitative estimate of drug-likeness (QED) is 0.0859. The third-order valence-electron chi connectivity index (χ3n) is 6.29. The molecule has 0 aliphatic carbocycles. The van der Waals surface area contributed by atoms with Crippen LogP contribution in [0.2, 0.25) is 0 Å². The summed E-state index contributed by atoms with van der Waals surface area (Å²) in [5.74, 6) is -2.67. The summed E-state index contributed by atoms with van der Waals surface area (Å²) in [5.41, 5.74) is 9.31. The highest BCUT2D eigenvalue weighted by Crippen LogP contribution is 2.60. The van der Waals surface area contributed by atoms with Crippen molar-refractivity contribution in [1.29, 1.82) is 0 Å². The van der Waals surface area contributed by atoms with Crippen LogP contribution in [0, 0.1) is 5.82 Å². The average molecular weight is 658 g/mol. The van der Waals surface area contributed by atoms with Gasteiger partial charge in [0, 0.05) is 6.07 Å². The van der Waals surface area contributed by atoms with Gasteiger partial charge in [-0.15, -0.1) is 0 Å². The maximum Gasteiger partial charge on any atom is 0.481 e. The lowest BCUT2D eigenvalue weighted by Gasteiger charge is -2.20. The van der Waals surface area contributed by atoms with Crippen LogP contribution in [0.3, 0.4) is 0 Å². The zero-order valence-electron chi connectivity index (χ0n) is 21.5. The number of ether oxygens (including phenoxy) is 2. The van der Waals surface area contributed by atoms with Crippen molar-refractivity contribution in [3.8, 4) is 0 Å². The minimum absolute atomic E-state index is 0.0464. The van der Waals surface area contributed by atoms with Crippen molar-refractivity contribution in [2.24, 2.45) is 5.73 Å². The zero-order valence-corrected chi connectivity index (χ0v) is 23.3. The van der Waals surface area contributed by atoms with Gasteiger partial charge in [-0.3, -0.25) is 18.4 Å². The first-order valence-electron chi connectivity index (χ1n) is 12.0. The molecule has 1 amide bonds. The maximum atomic E-state index is 13.8. The van der Waals surface area contributed by atoms with E-state index in [1.54, 1.807) is 0 Å². The molecule has 238 valence electrons. The molecule has 0 saturated carbocycles. The van der Waals surface area contributed by atoms with Crippen LogP contribution in [-0.2, 0) is 32.0 Å². The monoisotopic (exact) mass is 658 g/mol. The van der Waals surface area contributed by atoms with Gasteiger partial charge in [-0.2, -0.15) is 13.9 Å². The van der Waals surface area contributed by atoms with Gasteiger partial charge in [-0.05, 0) is 6.07 Å². The molecule has 2 unspecified atom stereocenters. The highest BCUT2D eigenvalue weighted by atomic mass is 31.3. The van der Waals surface area contributed by atoms with E-state index in [9.17, 15) is 53.3 Å². The summed E-state index contributed by atoms with van der Waals surface area (Å²) >= 11 is 0. The fraction of sp³-hybridized carbons (Fsp3) is 0.500. The van der Waals surface area contributed by atoms with Crippen molar-refractivity contribution in [3.63, 3.8) is 0 Å². The number of aliphatic hydroxyl groups excluding tert-OH is 4. The van der Waals surface area contributed by atoms with Crippen molar-refractivity contribution >= 4 is 27.4 Å². The molecule has 43 heavy (non-hydrogen) atoms. The second-order valence-corrected chi connectivity index (χ2v) is 12.3. The van der Waals surface area contributed by atoms with Gasteiger partial charge in [0.25, 0.3) is 12.1 Å². The van der Waals surface area contributed by atoms with Crippen LogP contribution in [0.5, 0.6) is 0 Å². The van der Waals surface area contributed by atoms with E-state index in [0.717, 1.165) is 0 Å². The number of hydrogen-bond donors (Lipinski definition) is 8. The van der Waals surface area contributed by atoms with Crippen molar-refractivity contribution < 1.29 is 75.9 Å². The van der Waals surface area contributed by atoms with Crippen LogP contribution >= 0.6 is 15.6 Å². The molecule has 4 heterocycles. The predicted molar refractivity (Wildman–Crippen MR) is 133 cm³/mol. The Morgan fingerprint density at radius 1 is 1.05 bits per heavy atom. The van der Waals surface area contributed by atoms with Crippen LogP contribution in [0.4, 0.5) is 10.2 Å². The number of phosphoric ester groups is 2. The number of hydrogen-bond acceptors (Lipinski definition) is 15. The van der Waals surface area contributed by atoms with Gasteiger partial charge in [-0.1, -0.05) is 0 Å². The van der Waals surface area contributed by atoms with Gasteiger partial charge in [0.15, 0.2) is 36.4 Å². The lowest BCUT2D eigenvalue weighted by Crippen LogP contribution is -2.46. The minimum Gasteiger partial charge on any atom is -0.387 e. The molecule has 2 aliphatic heterocycles. The number of pyridine rings is 1. The number of nitrogens with zero attached hydrogens (tertiary/aromatic N) is 3. The van der Waals surface area contributed by atoms with E-state index >= 15 is 0 Å². The first-order valence-corrected chi connectivity index (χ1v) is 15.0. The second-order valence-electron chi connectivity index (χ2n) is 9.27. The second kappa shape index (κ2) is 12.7. The van der Waals surface area contributed by atoms with E-state index < -0.39 is 101 Å². The molecular formula is C20H27FN5O15P2+. The molecular weight excluding hydrogens is 631 g/mol. The number of aromatic nitrogens is 3.